The summed E-state index contributed by atoms with van der Waals surface area (Å²) in [5, 5.41) is 4.93. The monoisotopic (exact) mass is 1310 g/mol. The molecule has 0 saturated carbocycles. The third kappa shape index (κ3) is 8.64. The van der Waals surface area contributed by atoms with Gasteiger partial charge in [-0.1, -0.05) is 212 Å². The standard InChI is InChI=1S/C90H57B2N5OS2/c1-6-28-58(29-7-1)65-38-16-21-43-72(65)97-77-57-81-71(92-69-42-20-23-45-74(69)96(62-36-14-5-15-37-62)80-54-64(55-82(98-81)90(80)92)94(60-32-10-3-11-33-60)76-47-27-51-86-88(76)67-40-18-25-49-84(67)100-86)56-70(77)91-68-41-19-22-44-73(68)95(61-34-12-4-13-35-61)78-52-63(53-79(97)89(78)91)93(59-30-8-2-9-31-59)75-46-26-50-85-87(75)66-39-17-24-48-83(66)99-85/h1-57H. The second-order valence-electron chi connectivity index (χ2n) is 26.2. The van der Waals surface area contributed by atoms with Crippen LogP contribution < -0.4 is 62.0 Å². The van der Waals surface area contributed by atoms with E-state index < -0.39 is 0 Å². The van der Waals surface area contributed by atoms with Crippen LogP contribution in [0.5, 0.6) is 11.5 Å². The molecule has 0 atom stereocenters. The SMILES string of the molecule is c1ccc(-c2ccccc2N2c3cc4c(cc3B3c5ccccc5N(c5ccccc5)c5cc(N(c6ccccc6)c6cccc7sc8ccccc8c67)cc2c53)B2c3ccccc3N(c3ccccc3)c3cc(N(c5ccccc5)c5cccc6sc7ccccc7c56)cc(c32)O4)cc1. The fourth-order valence-electron chi connectivity index (χ4n) is 16.8. The van der Waals surface area contributed by atoms with Crippen LogP contribution in [0.15, 0.2) is 346 Å². The summed E-state index contributed by atoms with van der Waals surface area (Å²) in [5.74, 6) is 1.63. The second kappa shape index (κ2) is 22.6. The minimum Gasteiger partial charge on any atom is -0.458 e. The predicted molar refractivity (Wildman–Crippen MR) is 427 cm³/mol. The summed E-state index contributed by atoms with van der Waals surface area (Å²) >= 11 is 3.70. The van der Waals surface area contributed by atoms with Crippen molar-refractivity contribution in [3.05, 3.63) is 346 Å². The van der Waals surface area contributed by atoms with Gasteiger partial charge in [0.05, 0.1) is 28.4 Å². The number of anilines is 15. The van der Waals surface area contributed by atoms with Crippen LogP contribution in [0.25, 0.3) is 51.5 Å². The first-order valence-corrected chi connectivity index (χ1v) is 35.8. The molecule has 0 N–H and O–H groups in total. The lowest BCUT2D eigenvalue weighted by atomic mass is 9.30. The molecule has 100 heavy (non-hydrogen) atoms. The maximum Gasteiger partial charge on any atom is 0.256 e. The lowest BCUT2D eigenvalue weighted by molar-refractivity contribution is 0.488. The molecule has 21 rings (SSSR count). The Morgan fingerprint density at radius 1 is 0.270 bits per heavy atom. The maximum absolute atomic E-state index is 7.99. The Balaban J connectivity index is 0.862. The first-order chi connectivity index (χ1) is 49.6. The molecule has 4 aliphatic heterocycles. The largest absolute Gasteiger partial charge is 0.458 e. The summed E-state index contributed by atoms with van der Waals surface area (Å²) in [6.45, 7) is -0.440. The van der Waals surface area contributed by atoms with E-state index in [0.717, 1.165) is 119 Å². The summed E-state index contributed by atoms with van der Waals surface area (Å²) in [4.78, 5) is 12.6. The molecule has 0 bridgehead atoms. The summed E-state index contributed by atoms with van der Waals surface area (Å²) in [6.07, 6.45) is 0. The number of rotatable bonds is 10. The molecule has 0 saturated heterocycles. The average Bonchev–Trinajstić information content (AvgIpc) is 0.832. The van der Waals surface area contributed by atoms with Crippen LogP contribution in [0.2, 0.25) is 0 Å². The third-order valence-electron chi connectivity index (χ3n) is 20.8. The molecule has 466 valence electrons. The minimum atomic E-state index is -0.220. The maximum atomic E-state index is 7.99. The molecule has 0 spiro atoms. The van der Waals surface area contributed by atoms with Crippen molar-refractivity contribution in [2.45, 2.75) is 0 Å². The van der Waals surface area contributed by atoms with E-state index in [-0.39, 0.29) is 13.4 Å². The van der Waals surface area contributed by atoms with Crippen molar-refractivity contribution in [2.75, 3.05) is 24.5 Å². The van der Waals surface area contributed by atoms with E-state index in [2.05, 4.69) is 370 Å². The van der Waals surface area contributed by atoms with E-state index >= 15 is 0 Å². The first-order valence-electron chi connectivity index (χ1n) is 34.2. The van der Waals surface area contributed by atoms with Crippen molar-refractivity contribution in [2.24, 2.45) is 0 Å². The Morgan fingerprint density at radius 3 is 1.26 bits per heavy atom. The molecule has 4 aliphatic rings. The van der Waals surface area contributed by atoms with Crippen LogP contribution in [0.3, 0.4) is 0 Å². The van der Waals surface area contributed by atoms with E-state index in [1.807, 2.05) is 22.7 Å². The van der Waals surface area contributed by atoms with Crippen LogP contribution in [0, 0.1) is 0 Å². The number of ether oxygens (including phenoxy) is 1. The molecule has 0 aliphatic carbocycles. The summed E-state index contributed by atoms with van der Waals surface area (Å²) in [6, 6.07) is 128. The number of nitrogens with zero attached hydrogens (tertiary/aromatic N) is 5. The highest BCUT2D eigenvalue weighted by atomic mass is 32.1. The summed E-state index contributed by atoms with van der Waals surface area (Å²) < 4.78 is 13.0. The fourth-order valence-corrected chi connectivity index (χ4v) is 19.0. The highest BCUT2D eigenvalue weighted by molar-refractivity contribution is 7.26. The van der Waals surface area contributed by atoms with Gasteiger partial charge < -0.3 is 29.2 Å². The third-order valence-corrected chi connectivity index (χ3v) is 23.1. The minimum absolute atomic E-state index is 0.219. The quantitative estimate of drug-likeness (QED) is 0.127. The van der Waals surface area contributed by atoms with Crippen LogP contribution in [-0.2, 0) is 0 Å². The molecule has 0 radical (unpaired) electrons. The van der Waals surface area contributed by atoms with Gasteiger partial charge in [-0.3, -0.25) is 0 Å². The zero-order valence-electron chi connectivity index (χ0n) is 54.0. The van der Waals surface area contributed by atoms with Gasteiger partial charge >= 0.3 is 0 Å². The van der Waals surface area contributed by atoms with Crippen molar-refractivity contribution in [3.63, 3.8) is 0 Å². The van der Waals surface area contributed by atoms with Gasteiger partial charge in [0.2, 0.25) is 0 Å². The van der Waals surface area contributed by atoms with Crippen LogP contribution >= 0.6 is 22.7 Å². The van der Waals surface area contributed by atoms with Gasteiger partial charge in [0, 0.05) is 115 Å². The van der Waals surface area contributed by atoms with Crippen molar-refractivity contribution in [1.29, 1.82) is 0 Å². The normalized spacial score (nSPS) is 13.0. The molecule has 15 aromatic carbocycles. The number of fused-ring (bicyclic) bond motifs is 14. The highest BCUT2D eigenvalue weighted by Gasteiger charge is 2.48. The van der Waals surface area contributed by atoms with E-state index in [0.29, 0.717) is 0 Å². The first kappa shape index (κ1) is 56.8. The van der Waals surface area contributed by atoms with Gasteiger partial charge in [0.25, 0.3) is 13.4 Å². The van der Waals surface area contributed by atoms with E-state index in [9.17, 15) is 0 Å². The molecule has 0 fully saturated rings. The van der Waals surface area contributed by atoms with Crippen molar-refractivity contribution in [1.82, 2.24) is 0 Å². The lowest BCUT2D eigenvalue weighted by Crippen LogP contribution is -2.64. The molecular weight excluding hydrogens is 1250 g/mol. The van der Waals surface area contributed by atoms with E-state index in [1.54, 1.807) is 0 Å². The molecule has 0 amide bonds. The van der Waals surface area contributed by atoms with Crippen molar-refractivity contribution < 1.29 is 4.74 Å². The van der Waals surface area contributed by atoms with E-state index in [4.69, 9.17) is 4.74 Å². The van der Waals surface area contributed by atoms with Gasteiger partial charge in [-0.05, 0) is 160 Å². The Labute approximate surface area is 588 Å². The molecule has 2 aromatic heterocycles. The number of hydrogen-bond donors (Lipinski definition) is 0. The molecule has 6 nitrogen and oxygen atoms in total. The van der Waals surface area contributed by atoms with Crippen LogP contribution in [0.4, 0.5) is 85.3 Å². The van der Waals surface area contributed by atoms with Gasteiger partial charge in [0.1, 0.15) is 11.5 Å². The average molecular weight is 1310 g/mol. The summed E-state index contributed by atoms with van der Waals surface area (Å²) in [7, 11) is 0. The van der Waals surface area contributed by atoms with Crippen molar-refractivity contribution >= 4 is 195 Å². The van der Waals surface area contributed by atoms with Crippen molar-refractivity contribution in [3.8, 4) is 22.6 Å². The van der Waals surface area contributed by atoms with Gasteiger partial charge in [-0.25, -0.2) is 0 Å². The molecule has 10 heteroatoms. The molecule has 6 heterocycles. The molecule has 17 aromatic rings. The zero-order chi connectivity index (χ0) is 65.5. The summed E-state index contributed by atoms with van der Waals surface area (Å²) in [5.41, 5.74) is 25.6. The molecular formula is C90H57B2N5OS2. The Bertz CT molecular complexity index is 6150. The van der Waals surface area contributed by atoms with Gasteiger partial charge in [0.15, 0.2) is 0 Å². The lowest BCUT2D eigenvalue weighted by Gasteiger charge is -2.46. The highest BCUT2D eigenvalue weighted by Crippen LogP contribution is 2.54. The fraction of sp³-hybridized carbons (Fsp3) is 0. The Kier molecular flexibility index (Phi) is 12.9. The Hall–Kier alpha value is -12.3. The number of hydrogen-bond acceptors (Lipinski definition) is 8. The molecule has 0 unspecified atom stereocenters. The van der Waals surface area contributed by atoms with Crippen LogP contribution in [-0.4, -0.2) is 13.4 Å². The van der Waals surface area contributed by atoms with E-state index in [1.165, 1.54) is 62.2 Å². The number of thiophene rings is 2. The number of benzene rings is 15. The topological polar surface area (TPSA) is 25.4 Å². The second-order valence-corrected chi connectivity index (χ2v) is 28.4. The van der Waals surface area contributed by atoms with Crippen LogP contribution in [0.1, 0.15) is 0 Å². The zero-order valence-corrected chi connectivity index (χ0v) is 55.7. The van der Waals surface area contributed by atoms with Gasteiger partial charge in [-0.2, -0.15) is 0 Å². The predicted octanol–water partition coefficient (Wildman–Crippen LogP) is 21.5. The number of para-hydroxylation sites is 7. The Morgan fingerprint density at radius 2 is 0.700 bits per heavy atom. The smallest absolute Gasteiger partial charge is 0.256 e. The van der Waals surface area contributed by atoms with Gasteiger partial charge in [-0.15, -0.1) is 22.7 Å².